The van der Waals surface area contributed by atoms with Crippen LogP contribution >= 0.6 is 0 Å². The molecule has 5 heteroatoms. The summed E-state index contributed by atoms with van der Waals surface area (Å²) in [6.45, 7) is 0.437. The van der Waals surface area contributed by atoms with Crippen molar-refractivity contribution in [1.82, 2.24) is 15.6 Å². The first-order chi connectivity index (χ1) is 10.3. The third-order valence-corrected chi connectivity index (χ3v) is 2.76. The van der Waals surface area contributed by atoms with E-state index in [1.54, 1.807) is 31.8 Å². The Labute approximate surface area is 123 Å². The average Bonchev–Trinajstić information content (AvgIpc) is 2.54. The number of carbonyl (C=O) groups excluding carboxylic acids is 1. The number of amides is 2. The van der Waals surface area contributed by atoms with Crippen molar-refractivity contribution in [3.63, 3.8) is 0 Å². The van der Waals surface area contributed by atoms with Crippen LogP contribution < -0.4 is 15.4 Å². The Balaban J connectivity index is 1.79. The standard InChI is InChI=1S/C16H17N3O2/c1-21-15-6-2-4-13(10-15)7-9-18-16(20)19-12-14-5-3-8-17-11-14/h2-11H,12H2,1H3,(H2,18,19,20)/b9-7+. The summed E-state index contributed by atoms with van der Waals surface area (Å²) in [6.07, 6.45) is 6.80. The smallest absolute Gasteiger partial charge is 0.319 e. The van der Waals surface area contributed by atoms with Crippen LogP contribution in [-0.4, -0.2) is 18.1 Å². The molecule has 0 unspecified atom stereocenters. The van der Waals surface area contributed by atoms with Gasteiger partial charge in [-0.15, -0.1) is 0 Å². The molecule has 108 valence electrons. The second-order valence-electron chi connectivity index (χ2n) is 4.30. The SMILES string of the molecule is COc1cccc(/C=C/NC(=O)NCc2cccnc2)c1. The summed E-state index contributed by atoms with van der Waals surface area (Å²) in [5, 5.41) is 5.39. The Kier molecular flexibility index (Phi) is 5.34. The van der Waals surface area contributed by atoms with E-state index in [1.807, 2.05) is 36.4 Å². The summed E-state index contributed by atoms with van der Waals surface area (Å²) in [4.78, 5) is 15.6. The molecule has 0 radical (unpaired) electrons. The number of nitrogens with one attached hydrogen (secondary N) is 2. The Morgan fingerprint density at radius 2 is 2.24 bits per heavy atom. The minimum atomic E-state index is -0.266. The maximum atomic E-state index is 11.6. The fourth-order valence-electron chi connectivity index (χ4n) is 1.69. The van der Waals surface area contributed by atoms with Crippen LogP contribution in [-0.2, 0) is 6.54 Å². The van der Waals surface area contributed by atoms with E-state index in [0.29, 0.717) is 6.54 Å². The number of rotatable bonds is 5. The first-order valence-corrected chi connectivity index (χ1v) is 6.52. The van der Waals surface area contributed by atoms with E-state index in [9.17, 15) is 4.79 Å². The van der Waals surface area contributed by atoms with Gasteiger partial charge in [-0.05, 0) is 35.4 Å². The number of ether oxygens (including phenoxy) is 1. The van der Waals surface area contributed by atoms with Gasteiger partial charge in [0.25, 0.3) is 0 Å². The molecule has 0 bridgehead atoms. The number of nitrogens with zero attached hydrogens (tertiary/aromatic N) is 1. The van der Waals surface area contributed by atoms with Crippen molar-refractivity contribution >= 4 is 12.1 Å². The molecule has 0 saturated carbocycles. The van der Waals surface area contributed by atoms with Crippen molar-refractivity contribution in [2.45, 2.75) is 6.54 Å². The monoisotopic (exact) mass is 283 g/mol. The van der Waals surface area contributed by atoms with Crippen molar-refractivity contribution in [3.8, 4) is 5.75 Å². The van der Waals surface area contributed by atoms with Gasteiger partial charge in [-0.25, -0.2) is 4.79 Å². The molecule has 21 heavy (non-hydrogen) atoms. The van der Waals surface area contributed by atoms with Crippen molar-refractivity contribution in [3.05, 3.63) is 66.1 Å². The normalized spacial score (nSPS) is 10.3. The highest BCUT2D eigenvalue weighted by Crippen LogP contribution is 2.13. The summed E-state index contributed by atoms with van der Waals surface area (Å²) < 4.78 is 5.13. The Bertz CT molecular complexity index is 612. The molecule has 1 aromatic heterocycles. The van der Waals surface area contributed by atoms with Gasteiger partial charge in [0.15, 0.2) is 0 Å². The average molecular weight is 283 g/mol. The van der Waals surface area contributed by atoms with Crippen molar-refractivity contribution in [1.29, 1.82) is 0 Å². The number of pyridine rings is 1. The number of hydrogen-bond donors (Lipinski definition) is 2. The van der Waals surface area contributed by atoms with Gasteiger partial charge < -0.3 is 15.4 Å². The molecule has 2 N–H and O–H groups in total. The van der Waals surface area contributed by atoms with Crippen LogP contribution in [0.4, 0.5) is 4.79 Å². The molecule has 0 saturated heterocycles. The molecule has 1 aromatic carbocycles. The van der Waals surface area contributed by atoms with E-state index in [-0.39, 0.29) is 6.03 Å². The predicted octanol–water partition coefficient (Wildman–Crippen LogP) is 2.56. The molecule has 0 aliphatic carbocycles. The van der Waals surface area contributed by atoms with Gasteiger partial charge in [-0.3, -0.25) is 4.98 Å². The van der Waals surface area contributed by atoms with E-state index in [1.165, 1.54) is 0 Å². The predicted molar refractivity (Wildman–Crippen MR) is 81.6 cm³/mol. The lowest BCUT2D eigenvalue weighted by molar-refractivity contribution is 0.244. The second kappa shape index (κ2) is 7.69. The lowest BCUT2D eigenvalue weighted by atomic mass is 10.2. The molecular weight excluding hydrogens is 266 g/mol. The van der Waals surface area contributed by atoms with Gasteiger partial charge in [0.05, 0.1) is 7.11 Å². The van der Waals surface area contributed by atoms with E-state index < -0.39 is 0 Å². The zero-order chi connectivity index (χ0) is 14.9. The summed E-state index contributed by atoms with van der Waals surface area (Å²) in [5.74, 6) is 0.776. The number of methoxy groups -OCH3 is 1. The highest BCUT2D eigenvalue weighted by atomic mass is 16.5. The van der Waals surface area contributed by atoms with Crippen LogP contribution in [0.25, 0.3) is 6.08 Å². The van der Waals surface area contributed by atoms with Crippen LogP contribution in [0.5, 0.6) is 5.75 Å². The Morgan fingerprint density at radius 3 is 3.00 bits per heavy atom. The Hall–Kier alpha value is -2.82. The highest BCUT2D eigenvalue weighted by Gasteiger charge is 1.97. The van der Waals surface area contributed by atoms with Gasteiger partial charge in [0.2, 0.25) is 0 Å². The van der Waals surface area contributed by atoms with Crippen LogP contribution in [0, 0.1) is 0 Å². The fourth-order valence-corrected chi connectivity index (χ4v) is 1.69. The Morgan fingerprint density at radius 1 is 1.33 bits per heavy atom. The number of urea groups is 1. The van der Waals surface area contributed by atoms with E-state index >= 15 is 0 Å². The molecular formula is C16H17N3O2. The van der Waals surface area contributed by atoms with Gasteiger partial charge >= 0.3 is 6.03 Å². The number of carbonyl (C=O) groups is 1. The minimum Gasteiger partial charge on any atom is -0.497 e. The van der Waals surface area contributed by atoms with Gasteiger partial charge in [0, 0.05) is 25.1 Å². The molecule has 0 spiro atoms. The zero-order valence-electron chi connectivity index (χ0n) is 11.7. The molecule has 1 heterocycles. The second-order valence-corrected chi connectivity index (χ2v) is 4.30. The van der Waals surface area contributed by atoms with Crippen LogP contribution in [0.15, 0.2) is 55.0 Å². The minimum absolute atomic E-state index is 0.266. The first-order valence-electron chi connectivity index (χ1n) is 6.52. The molecule has 0 fully saturated rings. The summed E-state index contributed by atoms with van der Waals surface area (Å²) in [7, 11) is 1.62. The van der Waals surface area contributed by atoms with Gasteiger partial charge in [-0.2, -0.15) is 0 Å². The van der Waals surface area contributed by atoms with Crippen LogP contribution in [0.1, 0.15) is 11.1 Å². The zero-order valence-corrected chi connectivity index (χ0v) is 11.7. The topological polar surface area (TPSA) is 63.2 Å². The maximum absolute atomic E-state index is 11.6. The third-order valence-electron chi connectivity index (χ3n) is 2.76. The number of benzene rings is 1. The quantitative estimate of drug-likeness (QED) is 0.886. The molecule has 2 aromatic rings. The maximum Gasteiger partial charge on any atom is 0.319 e. The summed E-state index contributed by atoms with van der Waals surface area (Å²) in [6, 6.07) is 11.0. The van der Waals surface area contributed by atoms with Crippen LogP contribution in [0.2, 0.25) is 0 Å². The number of aromatic nitrogens is 1. The van der Waals surface area contributed by atoms with Crippen molar-refractivity contribution in [2.24, 2.45) is 0 Å². The van der Waals surface area contributed by atoms with Crippen molar-refractivity contribution < 1.29 is 9.53 Å². The molecule has 0 aliphatic heterocycles. The molecule has 0 aliphatic rings. The lowest BCUT2D eigenvalue weighted by Crippen LogP contribution is -2.31. The highest BCUT2D eigenvalue weighted by molar-refractivity contribution is 5.75. The summed E-state index contributed by atoms with van der Waals surface area (Å²) in [5.41, 5.74) is 1.89. The first kappa shape index (κ1) is 14.6. The van der Waals surface area contributed by atoms with Crippen molar-refractivity contribution in [2.75, 3.05) is 7.11 Å². The lowest BCUT2D eigenvalue weighted by Gasteiger charge is -2.04. The fraction of sp³-hybridized carbons (Fsp3) is 0.125. The van der Waals surface area contributed by atoms with E-state index in [4.69, 9.17) is 4.74 Å². The van der Waals surface area contributed by atoms with E-state index in [0.717, 1.165) is 16.9 Å². The van der Waals surface area contributed by atoms with Gasteiger partial charge in [0.1, 0.15) is 5.75 Å². The van der Waals surface area contributed by atoms with Gasteiger partial charge in [-0.1, -0.05) is 18.2 Å². The molecule has 2 rings (SSSR count). The molecule has 2 amide bonds. The molecule has 0 atom stereocenters. The largest absolute Gasteiger partial charge is 0.497 e. The van der Waals surface area contributed by atoms with Crippen LogP contribution in [0.3, 0.4) is 0 Å². The third kappa shape index (κ3) is 4.99. The number of hydrogen-bond acceptors (Lipinski definition) is 3. The summed E-state index contributed by atoms with van der Waals surface area (Å²) >= 11 is 0. The van der Waals surface area contributed by atoms with E-state index in [2.05, 4.69) is 15.6 Å². The molecule has 5 nitrogen and oxygen atoms in total.